The molecule has 1 N–H and O–H groups in total. The van der Waals surface area contributed by atoms with Crippen molar-refractivity contribution in [3.63, 3.8) is 0 Å². The van der Waals surface area contributed by atoms with Crippen LogP contribution in [0.4, 0.5) is 5.69 Å². The zero-order valence-corrected chi connectivity index (χ0v) is 11.6. The fraction of sp³-hybridized carbons (Fsp3) is 0.467. The molecule has 1 aromatic rings. The molecule has 0 saturated carbocycles. The number of amides is 2. The minimum absolute atomic E-state index is 0.0426. The maximum atomic E-state index is 12.4. The van der Waals surface area contributed by atoms with Crippen molar-refractivity contribution in [3.8, 4) is 0 Å². The van der Waals surface area contributed by atoms with E-state index in [2.05, 4.69) is 19.2 Å². The molecule has 19 heavy (non-hydrogen) atoms. The number of hydrogen-bond acceptors (Lipinski definition) is 2. The Hall–Kier alpha value is -1.84. The summed E-state index contributed by atoms with van der Waals surface area (Å²) in [5.41, 5.74) is 1.29. The highest BCUT2D eigenvalue weighted by Gasteiger charge is 2.30. The van der Waals surface area contributed by atoms with Crippen LogP contribution in [0.3, 0.4) is 0 Å². The first-order chi connectivity index (χ1) is 9.00. The van der Waals surface area contributed by atoms with E-state index < -0.39 is 6.04 Å². The van der Waals surface area contributed by atoms with Crippen LogP contribution >= 0.6 is 0 Å². The minimum Gasteiger partial charge on any atom is -0.340 e. The molecule has 0 aliphatic carbocycles. The molecule has 4 nitrogen and oxygen atoms in total. The Labute approximate surface area is 113 Å². The number of hydrogen-bond donors (Lipinski definition) is 1. The second kappa shape index (κ2) is 5.43. The average molecular weight is 260 g/mol. The Morgan fingerprint density at radius 2 is 1.95 bits per heavy atom. The largest absolute Gasteiger partial charge is 0.340 e. The molecule has 0 radical (unpaired) electrons. The van der Waals surface area contributed by atoms with E-state index in [9.17, 15) is 9.59 Å². The van der Waals surface area contributed by atoms with Crippen LogP contribution in [0.25, 0.3) is 0 Å². The first kappa shape index (κ1) is 13.6. The number of nitrogens with zero attached hydrogens (tertiary/aromatic N) is 1. The minimum atomic E-state index is -0.480. The maximum absolute atomic E-state index is 12.4. The topological polar surface area (TPSA) is 49.4 Å². The molecule has 4 heteroatoms. The van der Waals surface area contributed by atoms with Gasteiger partial charge in [-0.1, -0.05) is 26.0 Å². The molecule has 0 spiro atoms. The van der Waals surface area contributed by atoms with E-state index in [4.69, 9.17) is 0 Å². The fourth-order valence-corrected chi connectivity index (χ4v) is 2.21. The van der Waals surface area contributed by atoms with Crippen LogP contribution < -0.4 is 10.2 Å². The molecule has 2 amide bonds. The summed E-state index contributed by atoms with van der Waals surface area (Å²) in [6.07, 6.45) is 0.918. The predicted molar refractivity (Wildman–Crippen MR) is 75.2 cm³/mol. The highest BCUT2D eigenvalue weighted by atomic mass is 16.2. The molecule has 0 aromatic heterocycles. The Morgan fingerprint density at radius 3 is 2.63 bits per heavy atom. The number of anilines is 1. The standard InChI is InChI=1S/C15H20N2O2/c1-10(2)8-9-17-13-7-5-4-6-12(13)14(18)16-11(3)15(17)19/h4-7,10-11H,8-9H2,1-3H3,(H,16,18). The van der Waals surface area contributed by atoms with Crippen LogP contribution in [-0.2, 0) is 4.79 Å². The van der Waals surface area contributed by atoms with Crippen molar-refractivity contribution in [2.75, 3.05) is 11.4 Å². The van der Waals surface area contributed by atoms with Gasteiger partial charge in [-0.15, -0.1) is 0 Å². The molecular weight excluding hydrogens is 240 g/mol. The summed E-state index contributed by atoms with van der Waals surface area (Å²) in [4.78, 5) is 26.2. The quantitative estimate of drug-likeness (QED) is 0.905. The second-order valence-corrected chi connectivity index (χ2v) is 5.38. The summed E-state index contributed by atoms with van der Waals surface area (Å²) >= 11 is 0. The van der Waals surface area contributed by atoms with Gasteiger partial charge in [0.05, 0.1) is 11.3 Å². The molecule has 1 heterocycles. The number of fused-ring (bicyclic) bond motifs is 1. The highest BCUT2D eigenvalue weighted by molar-refractivity contribution is 6.10. The lowest BCUT2D eigenvalue weighted by atomic mass is 10.1. The monoisotopic (exact) mass is 260 g/mol. The Bertz CT molecular complexity index is 497. The van der Waals surface area contributed by atoms with Gasteiger partial charge < -0.3 is 10.2 Å². The smallest absolute Gasteiger partial charge is 0.254 e. The zero-order chi connectivity index (χ0) is 14.0. The van der Waals surface area contributed by atoms with E-state index in [0.29, 0.717) is 18.0 Å². The van der Waals surface area contributed by atoms with Gasteiger partial charge in [0.2, 0.25) is 5.91 Å². The van der Waals surface area contributed by atoms with Crippen LogP contribution in [0, 0.1) is 5.92 Å². The Morgan fingerprint density at radius 1 is 1.26 bits per heavy atom. The molecule has 1 aromatic carbocycles. The third-order valence-electron chi connectivity index (χ3n) is 3.35. The number of benzene rings is 1. The molecule has 1 aliphatic rings. The first-order valence-corrected chi connectivity index (χ1v) is 6.72. The van der Waals surface area contributed by atoms with Gasteiger partial charge in [-0.2, -0.15) is 0 Å². The molecule has 102 valence electrons. The van der Waals surface area contributed by atoms with Crippen LogP contribution in [0.15, 0.2) is 24.3 Å². The van der Waals surface area contributed by atoms with Gasteiger partial charge in [0.15, 0.2) is 0 Å². The van der Waals surface area contributed by atoms with Crippen molar-refractivity contribution in [2.24, 2.45) is 5.92 Å². The maximum Gasteiger partial charge on any atom is 0.254 e. The van der Waals surface area contributed by atoms with Gasteiger partial charge in [0.25, 0.3) is 5.91 Å². The zero-order valence-electron chi connectivity index (χ0n) is 11.6. The molecule has 1 aliphatic heterocycles. The van der Waals surface area contributed by atoms with Crippen molar-refractivity contribution >= 4 is 17.5 Å². The van der Waals surface area contributed by atoms with Gasteiger partial charge >= 0.3 is 0 Å². The third kappa shape index (κ3) is 2.78. The summed E-state index contributed by atoms with van der Waals surface area (Å²) < 4.78 is 0. The summed E-state index contributed by atoms with van der Waals surface area (Å²) in [6, 6.07) is 6.80. The molecule has 1 atom stereocenters. The fourth-order valence-electron chi connectivity index (χ4n) is 2.21. The van der Waals surface area contributed by atoms with Crippen LogP contribution in [0.5, 0.6) is 0 Å². The van der Waals surface area contributed by atoms with E-state index in [-0.39, 0.29) is 11.8 Å². The predicted octanol–water partition coefficient (Wildman–Crippen LogP) is 2.20. The molecule has 0 bridgehead atoms. The molecule has 0 fully saturated rings. The van der Waals surface area contributed by atoms with Crippen LogP contribution in [-0.4, -0.2) is 24.4 Å². The van der Waals surface area contributed by atoms with Crippen LogP contribution in [0.1, 0.15) is 37.6 Å². The molecule has 0 saturated heterocycles. The highest BCUT2D eigenvalue weighted by Crippen LogP contribution is 2.24. The second-order valence-electron chi connectivity index (χ2n) is 5.38. The lowest BCUT2D eigenvalue weighted by Crippen LogP contribution is -2.44. The van der Waals surface area contributed by atoms with Crippen molar-refractivity contribution in [1.29, 1.82) is 0 Å². The summed E-state index contributed by atoms with van der Waals surface area (Å²) in [5.74, 6) is 0.296. The summed E-state index contributed by atoms with van der Waals surface area (Å²) in [7, 11) is 0. The van der Waals surface area contributed by atoms with E-state index in [1.165, 1.54) is 0 Å². The molecule has 1 unspecified atom stereocenters. The van der Waals surface area contributed by atoms with Gasteiger partial charge in [-0.3, -0.25) is 9.59 Å². The van der Waals surface area contributed by atoms with E-state index in [0.717, 1.165) is 12.1 Å². The van der Waals surface area contributed by atoms with Gasteiger partial charge in [0, 0.05) is 6.54 Å². The van der Waals surface area contributed by atoms with E-state index >= 15 is 0 Å². The normalized spacial score (nSPS) is 19.2. The van der Waals surface area contributed by atoms with Gasteiger partial charge in [0.1, 0.15) is 6.04 Å². The van der Waals surface area contributed by atoms with E-state index in [1.807, 2.05) is 18.2 Å². The number of nitrogens with one attached hydrogen (secondary N) is 1. The molecule has 2 rings (SSSR count). The third-order valence-corrected chi connectivity index (χ3v) is 3.35. The van der Waals surface area contributed by atoms with Crippen molar-refractivity contribution in [1.82, 2.24) is 5.32 Å². The average Bonchev–Trinajstić information content (AvgIpc) is 2.46. The Balaban J connectivity index is 2.39. The first-order valence-electron chi connectivity index (χ1n) is 6.72. The van der Waals surface area contributed by atoms with E-state index in [1.54, 1.807) is 17.9 Å². The number of rotatable bonds is 3. The van der Waals surface area contributed by atoms with Crippen molar-refractivity contribution in [3.05, 3.63) is 29.8 Å². The van der Waals surface area contributed by atoms with Gasteiger partial charge in [-0.25, -0.2) is 0 Å². The van der Waals surface area contributed by atoms with Crippen LogP contribution in [0.2, 0.25) is 0 Å². The number of carbonyl (C=O) groups excluding carboxylic acids is 2. The SMILES string of the molecule is CC(C)CCN1C(=O)C(C)NC(=O)c2ccccc21. The number of para-hydroxylation sites is 1. The summed E-state index contributed by atoms with van der Waals surface area (Å²) in [6.45, 7) is 6.63. The summed E-state index contributed by atoms with van der Waals surface area (Å²) in [5, 5.41) is 2.74. The Kier molecular flexibility index (Phi) is 3.88. The lowest BCUT2D eigenvalue weighted by Gasteiger charge is -2.24. The van der Waals surface area contributed by atoms with Crippen molar-refractivity contribution < 1.29 is 9.59 Å². The number of carbonyl (C=O) groups is 2. The van der Waals surface area contributed by atoms with Crippen molar-refractivity contribution in [2.45, 2.75) is 33.2 Å². The van der Waals surface area contributed by atoms with Gasteiger partial charge in [-0.05, 0) is 31.4 Å². The molecular formula is C15H20N2O2. The lowest BCUT2D eigenvalue weighted by molar-refractivity contribution is -0.120.